The summed E-state index contributed by atoms with van der Waals surface area (Å²) in [6.45, 7) is 5.40. The lowest BCUT2D eigenvalue weighted by molar-refractivity contribution is -0.142. The highest BCUT2D eigenvalue weighted by molar-refractivity contribution is 5.94. The van der Waals surface area contributed by atoms with Crippen LogP contribution < -0.4 is 27.4 Å². The van der Waals surface area contributed by atoms with Crippen molar-refractivity contribution in [2.75, 3.05) is 6.54 Å². The highest BCUT2D eigenvalue weighted by atomic mass is 16.4. The van der Waals surface area contributed by atoms with E-state index in [4.69, 9.17) is 11.5 Å². The number of carboxylic acid groups (broad SMARTS) is 1. The number of carbonyl (C=O) groups excluding carboxylic acids is 3. The van der Waals surface area contributed by atoms with Crippen molar-refractivity contribution in [3.63, 3.8) is 0 Å². The van der Waals surface area contributed by atoms with Gasteiger partial charge in [0.25, 0.3) is 0 Å². The van der Waals surface area contributed by atoms with Gasteiger partial charge in [-0.3, -0.25) is 14.4 Å². The van der Waals surface area contributed by atoms with Gasteiger partial charge in [0.2, 0.25) is 17.7 Å². The summed E-state index contributed by atoms with van der Waals surface area (Å²) < 4.78 is 0. The molecule has 13 nitrogen and oxygen atoms in total. The fourth-order valence-corrected chi connectivity index (χ4v) is 3.38. The average Bonchev–Trinajstić information content (AvgIpc) is 3.28. The Hall–Kier alpha value is -3.03. The Morgan fingerprint density at radius 3 is 2.20 bits per heavy atom. The van der Waals surface area contributed by atoms with Crippen LogP contribution in [0.4, 0.5) is 0 Å². The molecule has 1 heterocycles. The van der Waals surface area contributed by atoms with Crippen molar-refractivity contribution >= 4 is 23.7 Å². The highest BCUT2D eigenvalue weighted by Crippen LogP contribution is 2.09. The topological polar surface area (TPSA) is 226 Å². The third kappa shape index (κ3) is 10.8. The second-order valence-corrected chi connectivity index (χ2v) is 8.99. The summed E-state index contributed by atoms with van der Waals surface area (Å²) in [5.41, 5.74) is 12.0. The van der Waals surface area contributed by atoms with Crippen molar-refractivity contribution in [1.29, 1.82) is 0 Å². The number of H-pyrrole nitrogens is 1. The number of unbranched alkanes of at least 4 members (excludes halogenated alkanes) is 1. The number of aliphatic carboxylic acids is 1. The van der Waals surface area contributed by atoms with Crippen LogP contribution in [0.2, 0.25) is 0 Å². The maximum Gasteiger partial charge on any atom is 0.326 e. The van der Waals surface area contributed by atoms with Gasteiger partial charge in [-0.2, -0.15) is 0 Å². The molecular weight excluding hydrogens is 458 g/mol. The Labute approximate surface area is 204 Å². The van der Waals surface area contributed by atoms with E-state index in [9.17, 15) is 29.4 Å². The number of carboxylic acids is 1. The highest BCUT2D eigenvalue weighted by Gasteiger charge is 2.32. The number of amides is 3. The van der Waals surface area contributed by atoms with E-state index in [1.807, 2.05) is 13.8 Å². The molecule has 0 bridgehead atoms. The van der Waals surface area contributed by atoms with Gasteiger partial charge < -0.3 is 42.6 Å². The van der Waals surface area contributed by atoms with Gasteiger partial charge in [-0.1, -0.05) is 13.8 Å². The molecule has 5 unspecified atom stereocenters. The van der Waals surface area contributed by atoms with E-state index in [0.717, 1.165) is 0 Å². The Balaban J connectivity index is 2.87. The summed E-state index contributed by atoms with van der Waals surface area (Å²) in [4.78, 5) is 56.6. The molecule has 1 rings (SSSR count). The molecule has 0 saturated carbocycles. The summed E-state index contributed by atoms with van der Waals surface area (Å²) in [5, 5.41) is 27.0. The van der Waals surface area contributed by atoms with E-state index in [-0.39, 0.29) is 25.2 Å². The molecule has 0 fully saturated rings. The van der Waals surface area contributed by atoms with Gasteiger partial charge in [-0.05, 0) is 45.1 Å². The molecule has 198 valence electrons. The maximum atomic E-state index is 12.9. The predicted molar refractivity (Wildman–Crippen MR) is 128 cm³/mol. The summed E-state index contributed by atoms with van der Waals surface area (Å²) >= 11 is 0. The molecule has 3 amide bonds. The molecule has 1 aromatic heterocycles. The molecule has 5 atom stereocenters. The smallest absolute Gasteiger partial charge is 0.326 e. The lowest BCUT2D eigenvalue weighted by Gasteiger charge is -2.27. The molecule has 0 aromatic carbocycles. The Bertz CT molecular complexity index is 815. The van der Waals surface area contributed by atoms with E-state index in [0.29, 0.717) is 25.1 Å². The number of hydrogen-bond donors (Lipinski definition) is 8. The van der Waals surface area contributed by atoms with Crippen molar-refractivity contribution in [2.24, 2.45) is 17.4 Å². The van der Waals surface area contributed by atoms with Gasteiger partial charge in [-0.15, -0.1) is 0 Å². The summed E-state index contributed by atoms with van der Waals surface area (Å²) in [6, 6.07) is -4.59. The quantitative estimate of drug-likeness (QED) is 0.123. The van der Waals surface area contributed by atoms with Crippen LogP contribution in [0, 0.1) is 5.92 Å². The number of hydrogen-bond acceptors (Lipinski definition) is 8. The first-order valence-electron chi connectivity index (χ1n) is 11.7. The van der Waals surface area contributed by atoms with Crippen LogP contribution in [0.5, 0.6) is 0 Å². The van der Waals surface area contributed by atoms with Gasteiger partial charge in [0.05, 0.1) is 18.5 Å². The van der Waals surface area contributed by atoms with E-state index < -0.39 is 54.0 Å². The van der Waals surface area contributed by atoms with Gasteiger partial charge >= 0.3 is 5.97 Å². The third-order valence-electron chi connectivity index (χ3n) is 5.30. The minimum atomic E-state index is -1.38. The van der Waals surface area contributed by atoms with Crippen molar-refractivity contribution < 1.29 is 29.4 Å². The largest absolute Gasteiger partial charge is 0.480 e. The van der Waals surface area contributed by atoms with E-state index >= 15 is 0 Å². The monoisotopic (exact) mass is 497 g/mol. The molecule has 0 radical (unpaired) electrons. The second-order valence-electron chi connectivity index (χ2n) is 8.99. The summed E-state index contributed by atoms with van der Waals surface area (Å²) in [5.74, 6) is -3.34. The summed E-state index contributed by atoms with van der Waals surface area (Å²) in [6.07, 6.45) is 3.35. The SMILES string of the molecule is CC(C)CC(NC(=O)C(NC(=O)C(N)Cc1cnc[nH]1)C(C)O)C(=O)NC(CCCCN)C(=O)O. The number of aromatic nitrogens is 2. The number of carbonyl (C=O) groups is 4. The number of imidazole rings is 1. The number of aliphatic hydroxyl groups is 1. The summed E-state index contributed by atoms with van der Waals surface area (Å²) in [7, 11) is 0. The second kappa shape index (κ2) is 15.1. The zero-order valence-electron chi connectivity index (χ0n) is 20.5. The molecule has 10 N–H and O–H groups in total. The molecule has 1 aromatic rings. The fraction of sp³-hybridized carbons (Fsp3) is 0.682. The molecule has 35 heavy (non-hydrogen) atoms. The Kier molecular flexibility index (Phi) is 12.9. The molecule has 0 aliphatic carbocycles. The van der Waals surface area contributed by atoms with Gasteiger partial charge in [-0.25, -0.2) is 9.78 Å². The molecular formula is C22H39N7O6. The van der Waals surface area contributed by atoms with Crippen molar-refractivity contribution in [1.82, 2.24) is 25.9 Å². The Morgan fingerprint density at radius 1 is 1.03 bits per heavy atom. The maximum absolute atomic E-state index is 12.9. The van der Waals surface area contributed by atoms with Crippen LogP contribution in [-0.4, -0.2) is 80.7 Å². The lowest BCUT2D eigenvalue weighted by atomic mass is 10.0. The zero-order chi connectivity index (χ0) is 26.5. The minimum Gasteiger partial charge on any atom is -0.480 e. The fourth-order valence-electron chi connectivity index (χ4n) is 3.38. The number of aliphatic hydroxyl groups excluding tert-OH is 1. The molecule has 0 spiro atoms. The predicted octanol–water partition coefficient (Wildman–Crippen LogP) is -1.63. The lowest BCUT2D eigenvalue weighted by Crippen LogP contribution is -2.60. The van der Waals surface area contributed by atoms with Gasteiger partial charge in [0.1, 0.15) is 18.1 Å². The number of aromatic amines is 1. The number of rotatable bonds is 16. The molecule has 13 heteroatoms. The van der Waals surface area contributed by atoms with Crippen molar-refractivity contribution in [3.8, 4) is 0 Å². The average molecular weight is 498 g/mol. The number of nitrogens with zero attached hydrogens (tertiary/aromatic N) is 1. The van der Waals surface area contributed by atoms with Crippen LogP contribution in [0.3, 0.4) is 0 Å². The Morgan fingerprint density at radius 2 is 1.69 bits per heavy atom. The first kappa shape index (κ1) is 30.0. The van der Waals surface area contributed by atoms with Crippen LogP contribution in [0.25, 0.3) is 0 Å². The van der Waals surface area contributed by atoms with E-state index in [2.05, 4.69) is 25.9 Å². The van der Waals surface area contributed by atoms with E-state index in [1.165, 1.54) is 19.4 Å². The number of nitrogens with two attached hydrogens (primary N) is 2. The molecule has 0 saturated heterocycles. The van der Waals surface area contributed by atoms with Crippen LogP contribution in [0.1, 0.15) is 52.1 Å². The van der Waals surface area contributed by atoms with Crippen LogP contribution in [-0.2, 0) is 25.6 Å². The van der Waals surface area contributed by atoms with Crippen molar-refractivity contribution in [2.45, 2.75) is 83.1 Å². The van der Waals surface area contributed by atoms with Crippen LogP contribution in [0.15, 0.2) is 12.5 Å². The van der Waals surface area contributed by atoms with Gasteiger partial charge in [0.15, 0.2) is 0 Å². The zero-order valence-corrected chi connectivity index (χ0v) is 20.5. The minimum absolute atomic E-state index is 0.0195. The standard InChI is InChI=1S/C22H39N7O6/c1-12(2)8-17(20(32)27-16(22(34)35)6-4-5-7-23)28-21(33)18(13(3)30)29-19(31)15(24)9-14-10-25-11-26-14/h10-13,15-18,30H,4-9,23-24H2,1-3H3,(H,25,26)(H,27,32)(H,28,33)(H,29,31)(H,34,35). The first-order chi connectivity index (χ1) is 16.5. The van der Waals surface area contributed by atoms with Gasteiger partial charge in [0, 0.05) is 18.3 Å². The molecule has 0 aliphatic heterocycles. The van der Waals surface area contributed by atoms with Crippen molar-refractivity contribution in [3.05, 3.63) is 18.2 Å². The molecule has 0 aliphatic rings. The van der Waals surface area contributed by atoms with E-state index in [1.54, 1.807) is 0 Å². The number of nitrogens with one attached hydrogen (secondary N) is 4. The van der Waals surface area contributed by atoms with Crippen LogP contribution >= 0.6 is 0 Å². The first-order valence-corrected chi connectivity index (χ1v) is 11.7. The normalized spacial score (nSPS) is 15.5. The third-order valence-corrected chi connectivity index (χ3v) is 5.30.